The lowest BCUT2D eigenvalue weighted by atomic mass is 9.90. The van der Waals surface area contributed by atoms with E-state index in [4.69, 9.17) is 5.11 Å². The van der Waals surface area contributed by atoms with Crippen LogP contribution in [-0.4, -0.2) is 35.4 Å². The Hall–Kier alpha value is -1.47. The van der Waals surface area contributed by atoms with Crippen LogP contribution in [-0.2, 0) is 4.79 Å². The van der Waals surface area contributed by atoms with Gasteiger partial charge in [0.15, 0.2) is 0 Å². The number of rotatable bonds is 2. The number of carboxylic acid groups (broad SMARTS) is 1. The number of carbonyl (C=O) groups is 2. The van der Waals surface area contributed by atoms with Crippen molar-refractivity contribution in [3.05, 3.63) is 0 Å². The fourth-order valence-corrected chi connectivity index (χ4v) is 1.89. The van der Waals surface area contributed by atoms with Crippen LogP contribution in [0.4, 0.5) is 18.0 Å². The van der Waals surface area contributed by atoms with E-state index >= 15 is 0 Å². The van der Waals surface area contributed by atoms with Gasteiger partial charge in [0.05, 0.1) is 6.04 Å². The first-order valence-electron chi connectivity index (χ1n) is 5.18. The first-order chi connectivity index (χ1) is 7.80. The zero-order valence-corrected chi connectivity index (χ0v) is 8.88. The lowest BCUT2D eigenvalue weighted by Gasteiger charge is -2.32. The Balaban J connectivity index is 2.59. The van der Waals surface area contributed by atoms with E-state index in [0.29, 0.717) is 19.3 Å². The largest absolute Gasteiger partial charge is 0.471 e. The summed E-state index contributed by atoms with van der Waals surface area (Å²) in [4.78, 5) is 21.2. The predicted molar refractivity (Wildman–Crippen MR) is 51.4 cm³/mol. The van der Waals surface area contributed by atoms with Gasteiger partial charge in [0.25, 0.3) is 0 Å². The molecule has 1 saturated carbocycles. The molecule has 1 aliphatic rings. The Labute approximate surface area is 95.4 Å². The Morgan fingerprint density at radius 1 is 1.06 bits per heavy atom. The molecule has 0 heterocycles. The molecule has 1 rings (SSSR count). The van der Waals surface area contributed by atoms with Gasteiger partial charge in [-0.2, -0.15) is 13.2 Å². The monoisotopic (exact) mass is 254 g/mol. The maximum atomic E-state index is 12.0. The van der Waals surface area contributed by atoms with Crippen LogP contribution in [0.3, 0.4) is 0 Å². The summed E-state index contributed by atoms with van der Waals surface area (Å²) in [5, 5.41) is 12.5. The van der Waals surface area contributed by atoms with Crippen LogP contribution in [0.5, 0.6) is 0 Å². The summed E-state index contributed by atoms with van der Waals surface area (Å²) in [5.41, 5.74) is 0. The fraction of sp³-hybridized carbons (Fsp3) is 0.778. The van der Waals surface area contributed by atoms with E-state index in [1.165, 1.54) is 0 Å². The van der Waals surface area contributed by atoms with Gasteiger partial charge in [-0.3, -0.25) is 4.79 Å². The summed E-state index contributed by atoms with van der Waals surface area (Å²) in [6.07, 6.45) is -4.08. The van der Waals surface area contributed by atoms with Crippen LogP contribution in [0.2, 0.25) is 0 Å². The van der Waals surface area contributed by atoms with Gasteiger partial charge in [-0.1, -0.05) is 12.8 Å². The topological polar surface area (TPSA) is 78.4 Å². The molecule has 0 aromatic heterocycles. The highest BCUT2D eigenvalue weighted by atomic mass is 19.4. The Bertz CT molecular complexity index is 306. The molecule has 1 aliphatic carbocycles. The number of carbonyl (C=O) groups excluding carboxylic acids is 1. The zero-order chi connectivity index (χ0) is 13.1. The standard InChI is InChI=1S/C9H13F3N2O3/c10-9(11,12)7(15)13-5-3-1-2-4-6(5)14-8(16)17/h5-6,14H,1-4H2,(H,13,15)(H,16,17). The first-order valence-corrected chi connectivity index (χ1v) is 5.18. The summed E-state index contributed by atoms with van der Waals surface area (Å²) in [6, 6.07) is -1.46. The average Bonchev–Trinajstić information content (AvgIpc) is 2.18. The summed E-state index contributed by atoms with van der Waals surface area (Å²) in [6.45, 7) is 0. The van der Waals surface area contributed by atoms with Gasteiger partial charge in [-0.05, 0) is 12.8 Å². The minimum Gasteiger partial charge on any atom is -0.465 e. The molecule has 0 spiro atoms. The third kappa shape index (κ3) is 4.12. The summed E-state index contributed by atoms with van der Waals surface area (Å²) < 4.78 is 36.1. The van der Waals surface area contributed by atoms with Crippen molar-refractivity contribution in [2.24, 2.45) is 0 Å². The van der Waals surface area contributed by atoms with E-state index < -0.39 is 30.3 Å². The quantitative estimate of drug-likeness (QED) is 0.693. The summed E-state index contributed by atoms with van der Waals surface area (Å²) >= 11 is 0. The van der Waals surface area contributed by atoms with Crippen LogP contribution in [0.25, 0.3) is 0 Å². The van der Waals surface area contributed by atoms with E-state index in [1.54, 1.807) is 0 Å². The molecule has 0 bridgehead atoms. The third-order valence-corrected chi connectivity index (χ3v) is 2.65. The van der Waals surface area contributed by atoms with Crippen molar-refractivity contribution in [3.63, 3.8) is 0 Å². The Kier molecular flexibility index (Phi) is 4.19. The molecule has 3 N–H and O–H groups in total. The molecule has 0 aliphatic heterocycles. The van der Waals surface area contributed by atoms with Crippen LogP contribution in [0, 0.1) is 0 Å². The van der Waals surface area contributed by atoms with E-state index in [9.17, 15) is 22.8 Å². The minimum atomic E-state index is -4.94. The molecule has 2 amide bonds. The first kappa shape index (κ1) is 13.6. The number of alkyl halides is 3. The van der Waals surface area contributed by atoms with Crippen LogP contribution in [0.15, 0.2) is 0 Å². The van der Waals surface area contributed by atoms with Crippen molar-refractivity contribution in [1.82, 2.24) is 10.6 Å². The van der Waals surface area contributed by atoms with E-state index in [2.05, 4.69) is 5.32 Å². The second-order valence-electron chi connectivity index (χ2n) is 3.92. The SMILES string of the molecule is O=C(O)NC1CCCCC1NC(=O)C(F)(F)F. The van der Waals surface area contributed by atoms with E-state index in [0.717, 1.165) is 6.42 Å². The molecule has 0 aromatic rings. The van der Waals surface area contributed by atoms with Gasteiger partial charge < -0.3 is 15.7 Å². The second kappa shape index (κ2) is 5.24. The van der Waals surface area contributed by atoms with Crippen LogP contribution < -0.4 is 10.6 Å². The highest BCUT2D eigenvalue weighted by Gasteiger charge is 2.41. The molecule has 0 aromatic carbocycles. The molecule has 98 valence electrons. The van der Waals surface area contributed by atoms with Crippen molar-refractivity contribution in [2.75, 3.05) is 0 Å². The van der Waals surface area contributed by atoms with Gasteiger partial charge in [0, 0.05) is 6.04 Å². The molecular weight excluding hydrogens is 241 g/mol. The zero-order valence-electron chi connectivity index (χ0n) is 8.88. The number of hydrogen-bond donors (Lipinski definition) is 3. The Morgan fingerprint density at radius 3 is 1.94 bits per heavy atom. The van der Waals surface area contributed by atoms with Crippen LogP contribution >= 0.6 is 0 Å². The molecule has 2 atom stereocenters. The highest BCUT2D eigenvalue weighted by molar-refractivity contribution is 5.82. The molecular formula is C9H13F3N2O3. The summed E-state index contributed by atoms with van der Waals surface area (Å²) in [5.74, 6) is -2.03. The van der Waals surface area contributed by atoms with Crippen LogP contribution in [0.1, 0.15) is 25.7 Å². The van der Waals surface area contributed by atoms with Gasteiger partial charge in [0.2, 0.25) is 0 Å². The van der Waals surface area contributed by atoms with Crippen molar-refractivity contribution in [2.45, 2.75) is 43.9 Å². The molecule has 17 heavy (non-hydrogen) atoms. The predicted octanol–water partition coefficient (Wildman–Crippen LogP) is 1.24. The number of amides is 2. The lowest BCUT2D eigenvalue weighted by molar-refractivity contribution is -0.174. The maximum absolute atomic E-state index is 12.0. The normalized spacial score (nSPS) is 25.1. The maximum Gasteiger partial charge on any atom is 0.471 e. The molecule has 2 unspecified atom stereocenters. The van der Waals surface area contributed by atoms with Gasteiger partial charge >= 0.3 is 18.2 Å². The Morgan fingerprint density at radius 2 is 1.53 bits per heavy atom. The van der Waals surface area contributed by atoms with Gasteiger partial charge in [-0.25, -0.2) is 4.79 Å². The molecule has 0 saturated heterocycles. The van der Waals surface area contributed by atoms with Gasteiger partial charge in [-0.15, -0.1) is 0 Å². The van der Waals surface area contributed by atoms with Crippen molar-refractivity contribution < 1.29 is 27.9 Å². The molecule has 5 nitrogen and oxygen atoms in total. The van der Waals surface area contributed by atoms with Gasteiger partial charge in [0.1, 0.15) is 0 Å². The highest BCUT2D eigenvalue weighted by Crippen LogP contribution is 2.21. The lowest BCUT2D eigenvalue weighted by Crippen LogP contribution is -2.55. The van der Waals surface area contributed by atoms with E-state index in [-0.39, 0.29) is 0 Å². The third-order valence-electron chi connectivity index (χ3n) is 2.65. The number of halogens is 3. The number of hydrogen-bond acceptors (Lipinski definition) is 2. The second-order valence-corrected chi connectivity index (χ2v) is 3.92. The molecule has 0 radical (unpaired) electrons. The smallest absolute Gasteiger partial charge is 0.465 e. The van der Waals surface area contributed by atoms with Crippen molar-refractivity contribution in [1.29, 1.82) is 0 Å². The van der Waals surface area contributed by atoms with Crippen molar-refractivity contribution in [3.8, 4) is 0 Å². The average molecular weight is 254 g/mol. The minimum absolute atomic E-state index is 0.340. The van der Waals surface area contributed by atoms with Crippen molar-refractivity contribution >= 4 is 12.0 Å². The van der Waals surface area contributed by atoms with E-state index in [1.807, 2.05) is 5.32 Å². The fourth-order valence-electron chi connectivity index (χ4n) is 1.89. The molecule has 8 heteroatoms. The number of nitrogens with one attached hydrogen (secondary N) is 2. The summed E-state index contributed by atoms with van der Waals surface area (Å²) in [7, 11) is 0. The molecule has 1 fully saturated rings.